The number of rotatable bonds is 4. The fraction of sp³-hybridized carbons (Fsp3) is 0.273. The van der Waals surface area contributed by atoms with Gasteiger partial charge in [0, 0.05) is 55.5 Å². The molecular weight excluding hydrogens is 350 g/mol. The zero-order chi connectivity index (χ0) is 19.5. The van der Waals surface area contributed by atoms with E-state index in [-0.39, 0.29) is 5.91 Å². The van der Waals surface area contributed by atoms with Crippen molar-refractivity contribution in [3.8, 4) is 5.69 Å². The van der Waals surface area contributed by atoms with Crippen LogP contribution >= 0.6 is 0 Å². The van der Waals surface area contributed by atoms with Gasteiger partial charge in [0.1, 0.15) is 0 Å². The standard InChI is InChI=1S/C22H25N5O/c1-17-16-20(26-14-12-25(2)13-15-26)8-9-21(17)24-22(28)18-4-6-19(7-5-18)27-11-3-10-23-27/h3-11,16H,12-15H2,1-2H3,(H,24,28). The lowest BCUT2D eigenvalue weighted by Gasteiger charge is -2.34. The van der Waals surface area contributed by atoms with Crippen molar-refractivity contribution in [2.45, 2.75) is 6.92 Å². The number of nitrogens with zero attached hydrogens (tertiary/aromatic N) is 4. The monoisotopic (exact) mass is 375 g/mol. The zero-order valence-electron chi connectivity index (χ0n) is 16.3. The first-order chi connectivity index (χ1) is 13.6. The topological polar surface area (TPSA) is 53.4 Å². The maximum absolute atomic E-state index is 12.6. The first-order valence-electron chi connectivity index (χ1n) is 9.56. The molecule has 2 heterocycles. The van der Waals surface area contributed by atoms with Crippen LogP contribution in [0.25, 0.3) is 5.69 Å². The van der Waals surface area contributed by atoms with Crippen LogP contribution in [0, 0.1) is 6.92 Å². The molecule has 2 aromatic carbocycles. The van der Waals surface area contributed by atoms with Crippen molar-refractivity contribution in [1.29, 1.82) is 0 Å². The molecule has 0 saturated carbocycles. The number of benzene rings is 2. The minimum absolute atomic E-state index is 0.109. The number of likely N-dealkylation sites (N-methyl/N-ethyl adjacent to an activating group) is 1. The minimum Gasteiger partial charge on any atom is -0.369 e. The van der Waals surface area contributed by atoms with E-state index >= 15 is 0 Å². The van der Waals surface area contributed by atoms with Gasteiger partial charge >= 0.3 is 0 Å². The Hall–Kier alpha value is -3.12. The number of aryl methyl sites for hydroxylation is 1. The third kappa shape index (κ3) is 3.92. The molecular formula is C22H25N5O. The van der Waals surface area contributed by atoms with E-state index in [4.69, 9.17) is 0 Å². The van der Waals surface area contributed by atoms with Gasteiger partial charge in [0.15, 0.2) is 0 Å². The van der Waals surface area contributed by atoms with Crippen molar-refractivity contribution >= 4 is 17.3 Å². The molecule has 1 aliphatic heterocycles. The summed E-state index contributed by atoms with van der Waals surface area (Å²) in [5.74, 6) is -0.109. The summed E-state index contributed by atoms with van der Waals surface area (Å²) >= 11 is 0. The Balaban J connectivity index is 1.44. The third-order valence-electron chi connectivity index (χ3n) is 5.23. The number of aromatic nitrogens is 2. The summed E-state index contributed by atoms with van der Waals surface area (Å²) < 4.78 is 1.77. The fourth-order valence-corrected chi connectivity index (χ4v) is 3.43. The summed E-state index contributed by atoms with van der Waals surface area (Å²) in [6.45, 7) is 6.25. The van der Waals surface area contributed by atoms with E-state index in [1.54, 1.807) is 10.9 Å². The summed E-state index contributed by atoms with van der Waals surface area (Å²) in [7, 11) is 2.16. The van der Waals surface area contributed by atoms with Crippen LogP contribution < -0.4 is 10.2 Å². The Bertz CT molecular complexity index is 942. The molecule has 1 fully saturated rings. The van der Waals surface area contributed by atoms with Gasteiger partial charge in [-0.2, -0.15) is 5.10 Å². The van der Waals surface area contributed by atoms with Gasteiger partial charge in [-0.05, 0) is 68.1 Å². The Labute approximate surface area is 165 Å². The molecule has 0 radical (unpaired) electrons. The molecule has 1 aliphatic rings. The Kier molecular flexibility index (Phi) is 5.12. The molecule has 1 N–H and O–H groups in total. The smallest absolute Gasteiger partial charge is 0.255 e. The molecule has 0 spiro atoms. The van der Waals surface area contributed by atoms with Gasteiger partial charge in [-0.3, -0.25) is 4.79 Å². The highest BCUT2D eigenvalue weighted by molar-refractivity contribution is 6.04. The number of hydrogen-bond acceptors (Lipinski definition) is 4. The number of nitrogens with one attached hydrogen (secondary N) is 1. The van der Waals surface area contributed by atoms with Crippen LogP contribution in [0.4, 0.5) is 11.4 Å². The molecule has 0 bridgehead atoms. The van der Waals surface area contributed by atoms with Gasteiger partial charge in [0.2, 0.25) is 0 Å². The van der Waals surface area contributed by atoms with Gasteiger partial charge in [0.25, 0.3) is 5.91 Å². The van der Waals surface area contributed by atoms with Crippen molar-refractivity contribution in [3.63, 3.8) is 0 Å². The van der Waals surface area contributed by atoms with Gasteiger partial charge in [-0.25, -0.2) is 4.68 Å². The lowest BCUT2D eigenvalue weighted by Crippen LogP contribution is -2.44. The molecule has 144 valence electrons. The van der Waals surface area contributed by atoms with Gasteiger partial charge in [-0.15, -0.1) is 0 Å². The predicted molar refractivity (Wildman–Crippen MR) is 112 cm³/mol. The Morgan fingerprint density at radius 2 is 1.71 bits per heavy atom. The van der Waals surface area contributed by atoms with Crippen LogP contribution in [0.2, 0.25) is 0 Å². The lowest BCUT2D eigenvalue weighted by atomic mass is 10.1. The van der Waals surface area contributed by atoms with E-state index in [2.05, 4.69) is 39.4 Å². The molecule has 1 amide bonds. The first kappa shape index (κ1) is 18.3. The second-order valence-corrected chi connectivity index (χ2v) is 7.24. The van der Waals surface area contributed by atoms with E-state index in [1.807, 2.05) is 49.5 Å². The number of carbonyl (C=O) groups excluding carboxylic acids is 1. The molecule has 3 aromatic rings. The number of carbonyl (C=O) groups is 1. The van der Waals surface area contributed by atoms with Crippen LogP contribution in [0.5, 0.6) is 0 Å². The van der Waals surface area contributed by atoms with Crippen LogP contribution in [0.1, 0.15) is 15.9 Å². The SMILES string of the molecule is Cc1cc(N2CCN(C)CC2)ccc1NC(=O)c1ccc(-n2cccn2)cc1. The summed E-state index contributed by atoms with van der Waals surface area (Å²) in [5, 5.41) is 7.23. The number of anilines is 2. The predicted octanol–water partition coefficient (Wildman–Crippen LogP) is 3.18. The maximum atomic E-state index is 12.6. The molecule has 0 unspecified atom stereocenters. The fourth-order valence-electron chi connectivity index (χ4n) is 3.43. The molecule has 1 saturated heterocycles. The summed E-state index contributed by atoms with van der Waals surface area (Å²) in [6, 6.07) is 15.5. The number of amides is 1. The highest BCUT2D eigenvalue weighted by atomic mass is 16.1. The van der Waals surface area contributed by atoms with E-state index < -0.39 is 0 Å². The molecule has 6 heteroatoms. The summed E-state index contributed by atoms with van der Waals surface area (Å²) in [5.41, 5.74) is 4.68. The second kappa shape index (κ2) is 7.86. The minimum atomic E-state index is -0.109. The third-order valence-corrected chi connectivity index (χ3v) is 5.23. The summed E-state index contributed by atoms with van der Waals surface area (Å²) in [6.07, 6.45) is 3.61. The quantitative estimate of drug-likeness (QED) is 0.761. The van der Waals surface area contributed by atoms with Crippen LogP contribution in [-0.4, -0.2) is 53.8 Å². The maximum Gasteiger partial charge on any atom is 0.255 e. The average molecular weight is 375 g/mol. The molecule has 4 rings (SSSR count). The van der Waals surface area contributed by atoms with E-state index in [0.29, 0.717) is 5.56 Å². The van der Waals surface area contributed by atoms with E-state index in [0.717, 1.165) is 43.1 Å². The highest BCUT2D eigenvalue weighted by Crippen LogP contribution is 2.24. The zero-order valence-corrected chi connectivity index (χ0v) is 16.3. The molecule has 28 heavy (non-hydrogen) atoms. The van der Waals surface area contributed by atoms with E-state index in [9.17, 15) is 4.79 Å². The van der Waals surface area contributed by atoms with Crippen molar-refractivity contribution in [2.24, 2.45) is 0 Å². The van der Waals surface area contributed by atoms with Crippen LogP contribution in [0.15, 0.2) is 60.9 Å². The van der Waals surface area contributed by atoms with Crippen LogP contribution in [0.3, 0.4) is 0 Å². The van der Waals surface area contributed by atoms with Crippen molar-refractivity contribution in [3.05, 3.63) is 72.1 Å². The average Bonchev–Trinajstić information content (AvgIpc) is 3.25. The van der Waals surface area contributed by atoms with Crippen molar-refractivity contribution in [2.75, 3.05) is 43.4 Å². The summed E-state index contributed by atoms with van der Waals surface area (Å²) in [4.78, 5) is 17.4. The first-order valence-corrected chi connectivity index (χ1v) is 9.56. The van der Waals surface area contributed by atoms with Gasteiger partial charge < -0.3 is 15.1 Å². The Morgan fingerprint density at radius 1 is 1.00 bits per heavy atom. The normalized spacial score (nSPS) is 14.9. The molecule has 0 aliphatic carbocycles. The second-order valence-electron chi connectivity index (χ2n) is 7.24. The molecule has 6 nitrogen and oxygen atoms in total. The van der Waals surface area contributed by atoms with Gasteiger partial charge in [-0.1, -0.05) is 0 Å². The van der Waals surface area contributed by atoms with Gasteiger partial charge in [0.05, 0.1) is 5.69 Å². The highest BCUT2D eigenvalue weighted by Gasteiger charge is 2.15. The number of hydrogen-bond donors (Lipinski definition) is 1. The Morgan fingerprint density at radius 3 is 2.36 bits per heavy atom. The van der Waals surface area contributed by atoms with E-state index in [1.165, 1.54) is 5.69 Å². The lowest BCUT2D eigenvalue weighted by molar-refractivity contribution is 0.102. The van der Waals surface area contributed by atoms with Crippen LogP contribution in [-0.2, 0) is 0 Å². The van der Waals surface area contributed by atoms with Crippen molar-refractivity contribution in [1.82, 2.24) is 14.7 Å². The largest absolute Gasteiger partial charge is 0.369 e. The molecule has 1 aromatic heterocycles. The molecule has 0 atom stereocenters. The number of piperazine rings is 1. The van der Waals surface area contributed by atoms with Crippen molar-refractivity contribution < 1.29 is 4.79 Å².